The number of carbonyl (C=O) groups excluding carboxylic acids is 1. The summed E-state index contributed by atoms with van der Waals surface area (Å²) in [4.78, 5) is 17.2. The fraction of sp³-hybridized carbons (Fsp3) is 0.273. The number of rotatable bonds is 2. The minimum atomic E-state index is 0.0313. The molecule has 0 aliphatic rings. The Morgan fingerprint density at radius 3 is 3.00 bits per heavy atom. The Balaban J connectivity index is 2.42. The summed E-state index contributed by atoms with van der Waals surface area (Å²) in [6.07, 6.45) is 1.94. The zero-order valence-corrected chi connectivity index (χ0v) is 10.7. The van der Waals surface area contributed by atoms with E-state index in [0.29, 0.717) is 6.54 Å². The lowest BCUT2D eigenvalue weighted by Gasteiger charge is -2.13. The van der Waals surface area contributed by atoms with Gasteiger partial charge in [0.15, 0.2) is 0 Å². The van der Waals surface area contributed by atoms with Crippen molar-refractivity contribution in [3.05, 3.63) is 34.8 Å². The smallest absolute Gasteiger partial charge is 0.219 e. The maximum atomic E-state index is 11.2. The van der Waals surface area contributed by atoms with Crippen molar-refractivity contribution >= 4 is 27.4 Å². The van der Waals surface area contributed by atoms with Crippen molar-refractivity contribution in [1.29, 1.82) is 0 Å². The molecular weight excluding hydrogens is 270 g/mol. The van der Waals surface area contributed by atoms with Gasteiger partial charge in [-0.05, 0) is 28.1 Å². The topological polar surface area (TPSA) is 37.6 Å². The predicted molar refractivity (Wildman–Crippen MR) is 65.0 cm³/mol. The Bertz CT molecular complexity index is 535. The summed E-state index contributed by atoms with van der Waals surface area (Å²) in [5, 5.41) is 0. The highest BCUT2D eigenvalue weighted by Crippen LogP contribution is 2.19. The average molecular weight is 282 g/mol. The summed E-state index contributed by atoms with van der Waals surface area (Å²) in [6, 6.07) is 5.88. The monoisotopic (exact) mass is 281 g/mol. The molecule has 2 aromatic rings. The summed E-state index contributed by atoms with van der Waals surface area (Å²) in [5.74, 6) is 0.879. The van der Waals surface area contributed by atoms with E-state index < -0.39 is 0 Å². The van der Waals surface area contributed by atoms with Gasteiger partial charge >= 0.3 is 0 Å². The van der Waals surface area contributed by atoms with Crippen molar-refractivity contribution in [2.75, 3.05) is 7.05 Å². The number of amides is 1. The number of hydrogen-bond donors (Lipinski definition) is 0. The van der Waals surface area contributed by atoms with Crippen LogP contribution in [0.3, 0.4) is 0 Å². The third-order valence-electron chi connectivity index (χ3n) is 2.49. The van der Waals surface area contributed by atoms with Crippen LogP contribution in [-0.4, -0.2) is 27.2 Å². The molecule has 0 aliphatic carbocycles. The van der Waals surface area contributed by atoms with Crippen LogP contribution >= 0.6 is 15.9 Å². The van der Waals surface area contributed by atoms with Crippen LogP contribution in [0.15, 0.2) is 29.0 Å². The number of aromatic nitrogens is 2. The van der Waals surface area contributed by atoms with E-state index >= 15 is 0 Å². The third-order valence-corrected chi connectivity index (χ3v) is 3.08. The van der Waals surface area contributed by atoms with Crippen LogP contribution in [0.5, 0.6) is 0 Å². The standard InChI is InChI=1S/C11H12BrN3O/c1-8(16)14(2)7-10-13-11(12)9-5-3-4-6-15(9)10/h3-6H,7H2,1-2H3. The van der Waals surface area contributed by atoms with Crippen molar-refractivity contribution in [3.63, 3.8) is 0 Å². The second kappa shape index (κ2) is 4.25. The van der Waals surface area contributed by atoms with E-state index in [4.69, 9.17) is 0 Å². The van der Waals surface area contributed by atoms with Crippen molar-refractivity contribution in [1.82, 2.24) is 14.3 Å². The van der Waals surface area contributed by atoms with Gasteiger partial charge in [0.05, 0.1) is 12.1 Å². The van der Waals surface area contributed by atoms with E-state index in [9.17, 15) is 4.79 Å². The second-order valence-corrected chi connectivity index (χ2v) is 4.40. The largest absolute Gasteiger partial charge is 0.339 e. The Morgan fingerprint density at radius 1 is 1.56 bits per heavy atom. The molecule has 5 heteroatoms. The maximum absolute atomic E-state index is 11.2. The minimum Gasteiger partial charge on any atom is -0.339 e. The Labute approximate surface area is 102 Å². The highest BCUT2D eigenvalue weighted by molar-refractivity contribution is 9.10. The van der Waals surface area contributed by atoms with E-state index in [1.165, 1.54) is 0 Å². The summed E-state index contributed by atoms with van der Waals surface area (Å²) in [5.41, 5.74) is 1.01. The van der Waals surface area contributed by atoms with E-state index in [2.05, 4.69) is 20.9 Å². The predicted octanol–water partition coefficient (Wildman–Crippen LogP) is 2.08. The highest BCUT2D eigenvalue weighted by Gasteiger charge is 2.11. The molecule has 2 aromatic heterocycles. The molecule has 0 radical (unpaired) electrons. The number of carbonyl (C=O) groups is 1. The van der Waals surface area contributed by atoms with Gasteiger partial charge in [-0.15, -0.1) is 0 Å². The number of halogens is 1. The van der Waals surface area contributed by atoms with Gasteiger partial charge in [0.1, 0.15) is 10.4 Å². The van der Waals surface area contributed by atoms with Crippen molar-refractivity contribution in [3.8, 4) is 0 Å². The van der Waals surface area contributed by atoms with Gasteiger partial charge in [-0.25, -0.2) is 4.98 Å². The molecule has 0 atom stereocenters. The first kappa shape index (κ1) is 11.1. The normalized spacial score (nSPS) is 10.7. The zero-order valence-electron chi connectivity index (χ0n) is 9.14. The second-order valence-electron chi connectivity index (χ2n) is 3.65. The maximum Gasteiger partial charge on any atom is 0.219 e. The molecule has 0 aliphatic heterocycles. The molecule has 0 spiro atoms. The molecule has 2 rings (SSSR count). The summed E-state index contributed by atoms with van der Waals surface area (Å²) in [6.45, 7) is 2.05. The molecule has 0 bridgehead atoms. The van der Waals surface area contributed by atoms with Gasteiger partial charge in [0, 0.05) is 20.2 Å². The van der Waals surface area contributed by atoms with E-state index in [1.54, 1.807) is 18.9 Å². The van der Waals surface area contributed by atoms with Gasteiger partial charge in [-0.3, -0.25) is 4.79 Å². The first-order valence-electron chi connectivity index (χ1n) is 4.93. The number of pyridine rings is 1. The average Bonchev–Trinajstić information content (AvgIpc) is 2.57. The van der Waals surface area contributed by atoms with Gasteiger partial charge in [0.2, 0.25) is 5.91 Å². The summed E-state index contributed by atoms with van der Waals surface area (Å²) >= 11 is 3.41. The lowest BCUT2D eigenvalue weighted by Crippen LogP contribution is -2.24. The Kier molecular flexibility index (Phi) is 2.96. The van der Waals surface area contributed by atoms with Crippen LogP contribution in [-0.2, 0) is 11.3 Å². The molecule has 0 saturated carbocycles. The third kappa shape index (κ3) is 1.95. The van der Waals surface area contributed by atoms with Crippen molar-refractivity contribution in [2.45, 2.75) is 13.5 Å². The molecule has 0 aromatic carbocycles. The van der Waals surface area contributed by atoms with Gasteiger partial charge in [-0.2, -0.15) is 0 Å². The van der Waals surface area contributed by atoms with Crippen LogP contribution in [0.2, 0.25) is 0 Å². The molecule has 0 unspecified atom stereocenters. The van der Waals surface area contributed by atoms with E-state index in [1.807, 2.05) is 28.8 Å². The quantitative estimate of drug-likeness (QED) is 0.845. The molecule has 84 valence electrons. The van der Waals surface area contributed by atoms with Crippen molar-refractivity contribution < 1.29 is 4.79 Å². The molecule has 0 saturated heterocycles. The van der Waals surface area contributed by atoms with Crippen LogP contribution in [0.25, 0.3) is 5.52 Å². The fourth-order valence-corrected chi connectivity index (χ4v) is 2.02. The van der Waals surface area contributed by atoms with Crippen LogP contribution in [0.1, 0.15) is 12.7 Å². The van der Waals surface area contributed by atoms with Crippen LogP contribution in [0, 0.1) is 0 Å². The number of nitrogens with zero attached hydrogens (tertiary/aromatic N) is 3. The molecule has 0 fully saturated rings. The van der Waals surface area contributed by atoms with Crippen LogP contribution in [0.4, 0.5) is 0 Å². The fourth-order valence-electron chi connectivity index (χ4n) is 1.50. The van der Waals surface area contributed by atoms with Gasteiger partial charge in [-0.1, -0.05) is 6.07 Å². The van der Waals surface area contributed by atoms with E-state index in [-0.39, 0.29) is 5.91 Å². The Morgan fingerprint density at radius 2 is 2.31 bits per heavy atom. The zero-order chi connectivity index (χ0) is 11.7. The highest BCUT2D eigenvalue weighted by atomic mass is 79.9. The number of hydrogen-bond acceptors (Lipinski definition) is 2. The molecule has 16 heavy (non-hydrogen) atoms. The summed E-state index contributed by atoms with van der Waals surface area (Å²) < 4.78 is 2.78. The molecule has 1 amide bonds. The summed E-state index contributed by atoms with van der Waals surface area (Å²) in [7, 11) is 1.76. The van der Waals surface area contributed by atoms with E-state index in [0.717, 1.165) is 15.9 Å². The SMILES string of the molecule is CC(=O)N(C)Cc1nc(Br)c2ccccn12. The number of imidazole rings is 1. The van der Waals surface area contributed by atoms with Crippen molar-refractivity contribution in [2.24, 2.45) is 0 Å². The van der Waals surface area contributed by atoms with Gasteiger partial charge < -0.3 is 9.30 Å². The molecule has 2 heterocycles. The van der Waals surface area contributed by atoms with Crippen LogP contribution < -0.4 is 0 Å². The lowest BCUT2D eigenvalue weighted by molar-refractivity contribution is -0.128. The molecular formula is C11H12BrN3O. The number of fused-ring (bicyclic) bond motifs is 1. The minimum absolute atomic E-state index is 0.0313. The first-order chi connectivity index (χ1) is 7.59. The lowest BCUT2D eigenvalue weighted by atomic mass is 10.4. The van der Waals surface area contributed by atoms with Gasteiger partial charge in [0.25, 0.3) is 0 Å². The molecule has 4 nitrogen and oxygen atoms in total. The first-order valence-corrected chi connectivity index (χ1v) is 5.72. The Hall–Kier alpha value is -1.36. The molecule has 0 N–H and O–H groups in total.